The highest BCUT2D eigenvalue weighted by Gasteiger charge is 2.14. The summed E-state index contributed by atoms with van der Waals surface area (Å²) in [6.45, 7) is 8.03. The van der Waals surface area contributed by atoms with E-state index in [1.165, 1.54) is 0 Å². The molecule has 0 unspecified atom stereocenters. The van der Waals surface area contributed by atoms with Crippen molar-refractivity contribution in [2.24, 2.45) is 0 Å². The second kappa shape index (κ2) is 9.19. The molecular weight excluding hydrogens is 374 g/mol. The first kappa shape index (κ1) is 20.3. The van der Waals surface area contributed by atoms with E-state index in [1.54, 1.807) is 13.3 Å². The third kappa shape index (κ3) is 4.90. The number of thioether (sulfide) groups is 1. The van der Waals surface area contributed by atoms with Crippen LogP contribution in [-0.4, -0.2) is 42.8 Å². The van der Waals surface area contributed by atoms with Gasteiger partial charge in [-0.05, 0) is 44.5 Å². The lowest BCUT2D eigenvalue weighted by Crippen LogP contribution is -2.32. The highest BCUT2D eigenvalue weighted by atomic mass is 32.2. The van der Waals surface area contributed by atoms with Gasteiger partial charge in [0.25, 0.3) is 0 Å². The summed E-state index contributed by atoms with van der Waals surface area (Å²) < 4.78 is 10.8. The fraction of sp³-hybridized carbons (Fsp3) is 0.429. The van der Waals surface area contributed by atoms with Crippen LogP contribution in [-0.2, 0) is 11.3 Å². The van der Waals surface area contributed by atoms with Gasteiger partial charge in [0.2, 0.25) is 0 Å². The molecule has 1 aromatic heterocycles. The molecule has 0 aliphatic carbocycles. The lowest BCUT2D eigenvalue weighted by Gasteiger charge is -2.29. The molecule has 6 nitrogen and oxygen atoms in total. The minimum Gasteiger partial charge on any atom is -0.496 e. The molecule has 3 rings (SSSR count). The number of anilines is 2. The maximum Gasteiger partial charge on any atom is 0.412 e. The number of rotatable bonds is 5. The zero-order valence-corrected chi connectivity index (χ0v) is 17.7. The molecule has 0 atom stereocenters. The summed E-state index contributed by atoms with van der Waals surface area (Å²) in [5.41, 5.74) is 5.51. The maximum absolute atomic E-state index is 12.3. The highest BCUT2D eigenvalue weighted by molar-refractivity contribution is 7.99. The Morgan fingerprint density at radius 1 is 1.21 bits per heavy atom. The van der Waals surface area contributed by atoms with Gasteiger partial charge in [-0.25, -0.2) is 4.79 Å². The number of nitrogens with one attached hydrogen (secondary N) is 1. The average Bonchev–Trinajstić information content (AvgIpc) is 2.68. The van der Waals surface area contributed by atoms with Gasteiger partial charge in [-0.2, -0.15) is 11.8 Å². The maximum atomic E-state index is 12.3. The van der Waals surface area contributed by atoms with Crippen LogP contribution in [0.3, 0.4) is 0 Å². The van der Waals surface area contributed by atoms with E-state index in [9.17, 15) is 4.79 Å². The van der Waals surface area contributed by atoms with Gasteiger partial charge < -0.3 is 14.4 Å². The molecule has 0 spiro atoms. The number of aryl methyl sites for hydroxylation is 2. The van der Waals surface area contributed by atoms with E-state index >= 15 is 0 Å². The molecule has 1 aliphatic heterocycles. The smallest absolute Gasteiger partial charge is 0.412 e. The summed E-state index contributed by atoms with van der Waals surface area (Å²) in [5.74, 6) is 3.04. The van der Waals surface area contributed by atoms with Crippen LogP contribution < -0.4 is 15.0 Å². The monoisotopic (exact) mass is 401 g/mol. The predicted molar refractivity (Wildman–Crippen MR) is 115 cm³/mol. The van der Waals surface area contributed by atoms with E-state index in [1.807, 2.05) is 44.7 Å². The van der Waals surface area contributed by atoms with Gasteiger partial charge >= 0.3 is 6.09 Å². The standard InChI is InChI=1S/C21H27N3O3S/c1-14-9-17(11-18(10-14)24-5-7-28-8-6-24)23-21(25)27-13-19-16(3)20(26-4)15(2)12-22-19/h9-12H,5-8,13H2,1-4H3,(H,23,25). The van der Waals surface area contributed by atoms with Crippen LogP contribution in [0.25, 0.3) is 0 Å². The van der Waals surface area contributed by atoms with Crippen LogP contribution in [0, 0.1) is 20.8 Å². The number of methoxy groups -OCH3 is 1. The van der Waals surface area contributed by atoms with E-state index in [4.69, 9.17) is 9.47 Å². The predicted octanol–water partition coefficient (Wildman–Crippen LogP) is 4.32. The summed E-state index contributed by atoms with van der Waals surface area (Å²) in [7, 11) is 1.63. The second-order valence-corrected chi connectivity index (χ2v) is 8.13. The Kier molecular flexibility index (Phi) is 6.67. The van der Waals surface area contributed by atoms with Crippen molar-refractivity contribution >= 4 is 29.2 Å². The topological polar surface area (TPSA) is 63.7 Å². The molecule has 1 aliphatic rings. The highest BCUT2D eigenvalue weighted by Crippen LogP contribution is 2.26. The third-order valence-corrected chi connectivity index (χ3v) is 5.72. The van der Waals surface area contributed by atoms with Crippen LogP contribution in [0.4, 0.5) is 16.2 Å². The van der Waals surface area contributed by atoms with Gasteiger partial charge in [0.15, 0.2) is 0 Å². The van der Waals surface area contributed by atoms with Gasteiger partial charge in [0.1, 0.15) is 12.4 Å². The number of carbonyl (C=O) groups is 1. The fourth-order valence-electron chi connectivity index (χ4n) is 3.34. The number of aromatic nitrogens is 1. The molecule has 2 heterocycles. The number of amides is 1. The number of carbonyl (C=O) groups excluding carboxylic acids is 1. The van der Waals surface area contributed by atoms with Crippen molar-refractivity contribution in [3.8, 4) is 5.75 Å². The molecule has 2 aromatic rings. The molecule has 1 fully saturated rings. The van der Waals surface area contributed by atoms with Crippen molar-refractivity contribution in [1.82, 2.24) is 4.98 Å². The van der Waals surface area contributed by atoms with E-state index < -0.39 is 6.09 Å². The largest absolute Gasteiger partial charge is 0.496 e. The zero-order chi connectivity index (χ0) is 20.1. The molecule has 1 aromatic carbocycles. The van der Waals surface area contributed by atoms with Crippen LogP contribution in [0.1, 0.15) is 22.4 Å². The van der Waals surface area contributed by atoms with Crippen molar-refractivity contribution < 1.29 is 14.3 Å². The first-order valence-electron chi connectivity index (χ1n) is 9.35. The Bertz CT molecular complexity index is 851. The van der Waals surface area contributed by atoms with Gasteiger partial charge in [-0.1, -0.05) is 0 Å². The third-order valence-electron chi connectivity index (χ3n) is 4.77. The molecule has 1 amide bonds. The Morgan fingerprint density at radius 3 is 2.68 bits per heavy atom. The van der Waals surface area contributed by atoms with E-state index in [0.29, 0.717) is 5.69 Å². The number of benzene rings is 1. The molecule has 0 radical (unpaired) electrons. The normalized spacial score (nSPS) is 13.9. The Hall–Kier alpha value is -2.41. The summed E-state index contributed by atoms with van der Waals surface area (Å²) in [5, 5.41) is 2.84. The summed E-state index contributed by atoms with van der Waals surface area (Å²) >= 11 is 1.98. The molecule has 0 saturated carbocycles. The molecular formula is C21H27N3O3S. The number of hydrogen-bond acceptors (Lipinski definition) is 6. The van der Waals surface area contributed by atoms with Crippen molar-refractivity contribution in [2.45, 2.75) is 27.4 Å². The molecule has 28 heavy (non-hydrogen) atoms. The Morgan fingerprint density at radius 2 is 1.96 bits per heavy atom. The second-order valence-electron chi connectivity index (χ2n) is 6.90. The van der Waals surface area contributed by atoms with Crippen molar-refractivity contribution in [3.63, 3.8) is 0 Å². The van der Waals surface area contributed by atoms with Crippen molar-refractivity contribution in [3.05, 3.63) is 46.8 Å². The summed E-state index contributed by atoms with van der Waals surface area (Å²) in [4.78, 5) is 19.0. The quantitative estimate of drug-likeness (QED) is 0.805. The van der Waals surface area contributed by atoms with Crippen LogP contribution in [0.15, 0.2) is 24.4 Å². The van der Waals surface area contributed by atoms with Gasteiger partial charge in [0, 0.05) is 53.3 Å². The van der Waals surface area contributed by atoms with Gasteiger partial charge in [0.05, 0.1) is 12.8 Å². The molecule has 7 heteroatoms. The summed E-state index contributed by atoms with van der Waals surface area (Å²) in [6, 6.07) is 6.10. The molecule has 1 saturated heterocycles. The van der Waals surface area contributed by atoms with Crippen molar-refractivity contribution in [2.75, 3.05) is 41.9 Å². The first-order valence-corrected chi connectivity index (χ1v) is 10.5. The summed E-state index contributed by atoms with van der Waals surface area (Å²) in [6.07, 6.45) is 1.23. The van der Waals surface area contributed by atoms with Crippen molar-refractivity contribution in [1.29, 1.82) is 0 Å². The van der Waals surface area contributed by atoms with E-state index in [0.717, 1.165) is 58.4 Å². The van der Waals surface area contributed by atoms with E-state index in [-0.39, 0.29) is 6.61 Å². The molecule has 150 valence electrons. The van der Waals surface area contributed by atoms with Gasteiger partial charge in [-0.15, -0.1) is 0 Å². The SMILES string of the molecule is COc1c(C)cnc(COC(=O)Nc2cc(C)cc(N3CCSCC3)c2)c1C. The lowest BCUT2D eigenvalue weighted by atomic mass is 10.1. The zero-order valence-electron chi connectivity index (χ0n) is 16.9. The molecule has 0 bridgehead atoms. The van der Waals surface area contributed by atoms with E-state index in [2.05, 4.69) is 21.3 Å². The molecule has 1 N–H and O–H groups in total. The number of nitrogens with zero attached hydrogens (tertiary/aromatic N) is 2. The van der Waals surface area contributed by atoms with Crippen LogP contribution in [0.5, 0.6) is 5.75 Å². The van der Waals surface area contributed by atoms with Crippen LogP contribution >= 0.6 is 11.8 Å². The number of ether oxygens (including phenoxy) is 2. The Balaban J connectivity index is 1.64. The minimum absolute atomic E-state index is 0.0936. The number of pyridine rings is 1. The Labute approximate surface area is 170 Å². The lowest BCUT2D eigenvalue weighted by molar-refractivity contribution is 0.153. The average molecular weight is 402 g/mol. The van der Waals surface area contributed by atoms with Crippen LogP contribution in [0.2, 0.25) is 0 Å². The number of hydrogen-bond donors (Lipinski definition) is 1. The van der Waals surface area contributed by atoms with Gasteiger partial charge in [-0.3, -0.25) is 10.3 Å². The fourth-order valence-corrected chi connectivity index (χ4v) is 4.25. The first-order chi connectivity index (χ1) is 13.5. The minimum atomic E-state index is -0.494.